The molecule has 2 aromatic heterocycles. The topological polar surface area (TPSA) is 56.2 Å². The summed E-state index contributed by atoms with van der Waals surface area (Å²) in [5.41, 5.74) is 3.46. The summed E-state index contributed by atoms with van der Waals surface area (Å²) in [6, 6.07) is 29.7. The van der Waals surface area contributed by atoms with Crippen LogP contribution in [0.25, 0.3) is 16.8 Å². The molecular formula is C27H21N3O2S. The molecule has 0 aliphatic heterocycles. The molecule has 0 spiro atoms. The molecule has 5 aromatic rings. The van der Waals surface area contributed by atoms with Gasteiger partial charge in [0.1, 0.15) is 17.2 Å². The van der Waals surface area contributed by atoms with E-state index < -0.39 is 0 Å². The highest BCUT2D eigenvalue weighted by Gasteiger charge is 2.13. The number of para-hydroxylation sites is 1. The van der Waals surface area contributed by atoms with Crippen LogP contribution >= 0.6 is 11.3 Å². The molecule has 0 unspecified atom stereocenters. The molecule has 1 amide bonds. The van der Waals surface area contributed by atoms with E-state index in [0.717, 1.165) is 33.2 Å². The fourth-order valence-electron chi connectivity index (χ4n) is 3.52. The van der Waals surface area contributed by atoms with Gasteiger partial charge in [0.05, 0.1) is 19.1 Å². The van der Waals surface area contributed by atoms with Crippen LogP contribution in [0.5, 0.6) is 11.5 Å². The van der Waals surface area contributed by atoms with Crippen molar-refractivity contribution < 1.29 is 9.53 Å². The Morgan fingerprint density at radius 1 is 0.879 bits per heavy atom. The lowest BCUT2D eigenvalue weighted by molar-refractivity contribution is 0.0944. The van der Waals surface area contributed by atoms with Gasteiger partial charge >= 0.3 is 0 Å². The third-order valence-corrected chi connectivity index (χ3v) is 6.04. The Bertz CT molecular complexity index is 1340. The molecule has 0 atom stereocenters. The number of nitrogens with one attached hydrogen (secondary N) is 1. The van der Waals surface area contributed by atoms with Crippen LogP contribution in [0.1, 0.15) is 15.4 Å². The Morgan fingerprint density at radius 2 is 1.70 bits per heavy atom. The van der Waals surface area contributed by atoms with Crippen molar-refractivity contribution in [2.24, 2.45) is 0 Å². The third kappa shape index (κ3) is 4.86. The Kier molecular flexibility index (Phi) is 5.99. The van der Waals surface area contributed by atoms with Crippen molar-refractivity contribution in [1.82, 2.24) is 14.9 Å². The number of thiophene rings is 1. The maximum Gasteiger partial charge on any atom is 0.270 e. The van der Waals surface area contributed by atoms with Crippen LogP contribution < -0.4 is 10.1 Å². The van der Waals surface area contributed by atoms with Crippen LogP contribution in [0, 0.1) is 0 Å². The molecule has 0 radical (unpaired) electrons. The van der Waals surface area contributed by atoms with Gasteiger partial charge in [-0.25, -0.2) is 4.98 Å². The van der Waals surface area contributed by atoms with Crippen molar-refractivity contribution in [3.05, 3.63) is 119 Å². The second kappa shape index (κ2) is 9.54. The number of hydrogen-bond donors (Lipinski definition) is 1. The number of benzene rings is 3. The van der Waals surface area contributed by atoms with E-state index in [2.05, 4.69) is 10.3 Å². The van der Waals surface area contributed by atoms with E-state index in [0.29, 0.717) is 12.2 Å². The minimum atomic E-state index is -0.159. The molecule has 0 bridgehead atoms. The lowest BCUT2D eigenvalue weighted by atomic mass is 10.0. The molecule has 0 saturated carbocycles. The first-order chi connectivity index (χ1) is 16.3. The molecule has 5 nitrogen and oxygen atoms in total. The Labute approximate surface area is 195 Å². The largest absolute Gasteiger partial charge is 0.457 e. The summed E-state index contributed by atoms with van der Waals surface area (Å²) in [6.07, 6.45) is 3.25. The maximum atomic E-state index is 12.8. The minimum Gasteiger partial charge on any atom is -0.457 e. The second-order valence-electron chi connectivity index (χ2n) is 7.40. The number of carbonyl (C=O) groups is 1. The highest BCUT2D eigenvalue weighted by molar-refractivity contribution is 7.09. The molecule has 0 aliphatic rings. The summed E-state index contributed by atoms with van der Waals surface area (Å²) in [5.74, 6) is 1.42. The summed E-state index contributed by atoms with van der Waals surface area (Å²) < 4.78 is 7.69. The van der Waals surface area contributed by atoms with E-state index >= 15 is 0 Å². The Morgan fingerprint density at radius 3 is 2.48 bits per heavy atom. The summed E-state index contributed by atoms with van der Waals surface area (Å²) in [6.45, 7) is 0.499. The second-order valence-corrected chi connectivity index (χ2v) is 8.43. The van der Waals surface area contributed by atoms with Crippen molar-refractivity contribution in [2.45, 2.75) is 6.54 Å². The zero-order valence-corrected chi connectivity index (χ0v) is 18.5. The zero-order valence-electron chi connectivity index (χ0n) is 17.7. The molecule has 6 heteroatoms. The molecule has 0 saturated heterocycles. The van der Waals surface area contributed by atoms with Crippen LogP contribution in [-0.2, 0) is 6.54 Å². The summed E-state index contributed by atoms with van der Waals surface area (Å²) in [4.78, 5) is 18.1. The first-order valence-electron chi connectivity index (χ1n) is 10.5. The lowest BCUT2D eigenvalue weighted by Gasteiger charge is -2.11. The van der Waals surface area contributed by atoms with Crippen molar-refractivity contribution >= 4 is 17.2 Å². The van der Waals surface area contributed by atoms with Crippen molar-refractivity contribution in [1.29, 1.82) is 0 Å². The van der Waals surface area contributed by atoms with E-state index in [1.54, 1.807) is 28.4 Å². The number of hydrogen-bond acceptors (Lipinski definition) is 4. The van der Waals surface area contributed by atoms with Crippen LogP contribution in [0.4, 0.5) is 0 Å². The fourth-order valence-corrected chi connectivity index (χ4v) is 4.16. The first-order valence-corrected chi connectivity index (χ1v) is 11.4. The molecule has 1 N–H and O–H groups in total. The molecule has 5 rings (SSSR count). The van der Waals surface area contributed by atoms with Gasteiger partial charge in [-0.1, -0.05) is 48.5 Å². The molecule has 3 aromatic carbocycles. The quantitative estimate of drug-likeness (QED) is 0.315. The first kappa shape index (κ1) is 20.7. The molecule has 162 valence electrons. The van der Waals surface area contributed by atoms with E-state index in [9.17, 15) is 4.79 Å². The highest BCUT2D eigenvalue weighted by Crippen LogP contribution is 2.27. The normalized spacial score (nSPS) is 10.7. The predicted molar refractivity (Wildman–Crippen MR) is 131 cm³/mol. The zero-order chi connectivity index (χ0) is 22.5. The van der Waals surface area contributed by atoms with Gasteiger partial charge in [-0.3, -0.25) is 9.36 Å². The number of imidazole rings is 1. The fraction of sp³-hybridized carbons (Fsp3) is 0.0370. The molecular weight excluding hydrogens is 430 g/mol. The molecule has 2 heterocycles. The average Bonchev–Trinajstić information content (AvgIpc) is 3.56. The van der Waals surface area contributed by atoms with Crippen LogP contribution in [0.15, 0.2) is 109 Å². The monoisotopic (exact) mass is 451 g/mol. The van der Waals surface area contributed by atoms with Gasteiger partial charge in [-0.15, -0.1) is 11.3 Å². The number of nitrogens with zero attached hydrogens (tertiary/aromatic N) is 2. The van der Waals surface area contributed by atoms with Crippen molar-refractivity contribution in [3.8, 4) is 28.3 Å². The average molecular weight is 452 g/mol. The van der Waals surface area contributed by atoms with Gasteiger partial charge in [-0.2, -0.15) is 0 Å². The van der Waals surface area contributed by atoms with E-state index in [-0.39, 0.29) is 5.91 Å². The van der Waals surface area contributed by atoms with Crippen LogP contribution in [0.2, 0.25) is 0 Å². The van der Waals surface area contributed by atoms with Crippen LogP contribution in [-0.4, -0.2) is 15.5 Å². The molecule has 33 heavy (non-hydrogen) atoms. The summed E-state index contributed by atoms with van der Waals surface area (Å²) in [7, 11) is 0. The summed E-state index contributed by atoms with van der Waals surface area (Å²) >= 11 is 1.62. The summed E-state index contributed by atoms with van der Waals surface area (Å²) in [5, 5.41) is 4.96. The van der Waals surface area contributed by atoms with Crippen molar-refractivity contribution in [2.75, 3.05) is 0 Å². The highest BCUT2D eigenvalue weighted by atomic mass is 32.1. The number of carbonyl (C=O) groups excluding carboxylic acids is 1. The standard InChI is InChI=1S/C27H21N3O2S/c31-27(29-17-25-10-5-15-33-25)26-18-28-19-30(26)22-7-4-6-21(16-22)20-11-13-24(14-12-20)32-23-8-2-1-3-9-23/h1-16,18-19H,17H2,(H,29,31). The Hall–Kier alpha value is -4.16. The number of ether oxygens (including phenoxy) is 1. The molecule has 0 fully saturated rings. The molecule has 0 aliphatic carbocycles. The predicted octanol–water partition coefficient (Wildman–Crippen LogP) is 6.32. The van der Waals surface area contributed by atoms with Gasteiger partial charge < -0.3 is 10.1 Å². The van der Waals surface area contributed by atoms with Gasteiger partial charge in [0.15, 0.2) is 0 Å². The van der Waals surface area contributed by atoms with Gasteiger partial charge in [-0.05, 0) is 59.0 Å². The SMILES string of the molecule is O=C(NCc1cccs1)c1cncn1-c1cccc(-c2ccc(Oc3ccccc3)cc2)c1. The smallest absolute Gasteiger partial charge is 0.270 e. The van der Waals surface area contributed by atoms with Gasteiger partial charge in [0, 0.05) is 10.6 Å². The van der Waals surface area contributed by atoms with Gasteiger partial charge in [0.2, 0.25) is 0 Å². The minimum absolute atomic E-state index is 0.159. The van der Waals surface area contributed by atoms with E-state index in [1.165, 1.54) is 0 Å². The van der Waals surface area contributed by atoms with E-state index in [1.807, 2.05) is 96.4 Å². The number of aromatic nitrogens is 2. The van der Waals surface area contributed by atoms with Crippen LogP contribution in [0.3, 0.4) is 0 Å². The van der Waals surface area contributed by atoms with Gasteiger partial charge in [0.25, 0.3) is 5.91 Å². The van der Waals surface area contributed by atoms with Crippen molar-refractivity contribution in [3.63, 3.8) is 0 Å². The number of amides is 1. The lowest BCUT2D eigenvalue weighted by Crippen LogP contribution is -2.24. The van der Waals surface area contributed by atoms with E-state index in [4.69, 9.17) is 4.74 Å². The third-order valence-electron chi connectivity index (χ3n) is 5.17. The Balaban J connectivity index is 1.34. The number of rotatable bonds is 7. The maximum absolute atomic E-state index is 12.8.